The maximum absolute atomic E-state index is 6.16. The lowest BCUT2D eigenvalue weighted by molar-refractivity contribution is 0.00780. The zero-order valence-corrected chi connectivity index (χ0v) is 13.8. The molecule has 2 aromatic rings. The lowest BCUT2D eigenvalue weighted by Crippen LogP contribution is -2.21. The Kier molecular flexibility index (Phi) is 4.26. The smallest absolute Gasteiger partial charge is 0.210 e. The summed E-state index contributed by atoms with van der Waals surface area (Å²) in [5, 5.41) is 13.4. The van der Waals surface area contributed by atoms with Crippen LogP contribution in [-0.4, -0.2) is 26.6 Å². The van der Waals surface area contributed by atoms with Crippen molar-refractivity contribution in [3.8, 4) is 0 Å². The Hall–Kier alpha value is -1.54. The molecule has 7 nitrogen and oxygen atoms in total. The molecule has 1 fully saturated rings. The third-order valence-corrected chi connectivity index (χ3v) is 5.48. The van der Waals surface area contributed by atoms with Crippen LogP contribution in [0.1, 0.15) is 61.1 Å². The Morgan fingerprint density at radius 1 is 1.17 bits per heavy atom. The van der Waals surface area contributed by atoms with Gasteiger partial charge in [-0.3, -0.25) is 0 Å². The van der Waals surface area contributed by atoms with Gasteiger partial charge in [0, 0.05) is 24.3 Å². The fourth-order valence-electron chi connectivity index (χ4n) is 3.25. The maximum atomic E-state index is 6.16. The predicted octanol–water partition coefficient (Wildman–Crippen LogP) is 2.39. The highest BCUT2D eigenvalue weighted by Gasteiger charge is 2.24. The molecular weight excluding hydrogens is 314 g/mol. The first-order valence-electron chi connectivity index (χ1n) is 8.24. The molecule has 0 aromatic carbocycles. The van der Waals surface area contributed by atoms with Crippen LogP contribution in [0.4, 0.5) is 0 Å². The molecule has 4 rings (SSSR count). The number of nitrogen functional groups attached to an aromatic ring is 1. The van der Waals surface area contributed by atoms with Crippen molar-refractivity contribution in [2.45, 2.75) is 62.0 Å². The summed E-state index contributed by atoms with van der Waals surface area (Å²) in [6, 6.07) is 0. The van der Waals surface area contributed by atoms with E-state index in [1.165, 1.54) is 18.4 Å². The van der Waals surface area contributed by atoms with Crippen LogP contribution in [0.5, 0.6) is 0 Å². The summed E-state index contributed by atoms with van der Waals surface area (Å²) in [7, 11) is 0. The number of nitrogens with two attached hydrogens (primary N) is 1. The quantitative estimate of drug-likeness (QED) is 0.677. The summed E-state index contributed by atoms with van der Waals surface area (Å²) in [6.45, 7) is 0.769. The lowest BCUT2D eigenvalue weighted by atomic mass is 9.97. The molecule has 0 radical (unpaired) electrons. The second-order valence-electron chi connectivity index (χ2n) is 6.09. The van der Waals surface area contributed by atoms with Crippen molar-refractivity contribution in [3.63, 3.8) is 0 Å². The van der Waals surface area contributed by atoms with Gasteiger partial charge in [-0.15, -0.1) is 10.2 Å². The number of ether oxygens (including phenoxy) is 1. The van der Waals surface area contributed by atoms with Gasteiger partial charge in [-0.05, 0) is 38.5 Å². The average Bonchev–Trinajstić information content (AvgIpc) is 3.17. The van der Waals surface area contributed by atoms with Crippen LogP contribution in [0, 0.1) is 0 Å². The molecule has 8 heteroatoms. The number of aromatic nitrogens is 4. The van der Waals surface area contributed by atoms with Crippen molar-refractivity contribution in [1.82, 2.24) is 20.0 Å². The highest BCUT2D eigenvalue weighted by Crippen LogP contribution is 2.31. The number of rotatable bonds is 4. The summed E-state index contributed by atoms with van der Waals surface area (Å²) in [5.41, 5.74) is 2.30. The number of hydrogen-bond acceptors (Lipinski definition) is 7. The van der Waals surface area contributed by atoms with Crippen LogP contribution in [-0.2, 0) is 23.3 Å². The normalized spacial score (nSPS) is 21.3. The number of hydrogen-bond donors (Lipinski definition) is 1. The standard InChI is InChI=1S/C15H21N5O2S/c16-20-14(13-7-3-4-8-21-13)17-18-15(20)23-9-11-10-5-1-2-6-12(10)22-19-11/h13H,1-9,16H2/t13-/m0/s1. The second-order valence-corrected chi connectivity index (χ2v) is 7.04. The predicted molar refractivity (Wildman–Crippen MR) is 85.4 cm³/mol. The zero-order valence-electron chi connectivity index (χ0n) is 13.0. The molecule has 0 bridgehead atoms. The molecule has 124 valence electrons. The fraction of sp³-hybridized carbons (Fsp3) is 0.667. The molecule has 0 spiro atoms. The van der Waals surface area contributed by atoms with Crippen molar-refractivity contribution < 1.29 is 9.26 Å². The van der Waals surface area contributed by atoms with E-state index in [-0.39, 0.29) is 6.10 Å². The van der Waals surface area contributed by atoms with Crippen molar-refractivity contribution in [3.05, 3.63) is 22.8 Å². The minimum absolute atomic E-state index is 0.0320. The zero-order chi connectivity index (χ0) is 15.6. The molecule has 0 amide bonds. The average molecular weight is 335 g/mol. The van der Waals surface area contributed by atoms with Gasteiger partial charge >= 0.3 is 0 Å². The number of thioether (sulfide) groups is 1. The molecule has 1 aliphatic carbocycles. The van der Waals surface area contributed by atoms with Gasteiger partial charge in [0.1, 0.15) is 11.9 Å². The van der Waals surface area contributed by atoms with Gasteiger partial charge in [0.15, 0.2) is 5.82 Å². The Morgan fingerprint density at radius 2 is 2.09 bits per heavy atom. The van der Waals surface area contributed by atoms with Crippen LogP contribution >= 0.6 is 11.8 Å². The SMILES string of the molecule is Nn1c(SCc2noc3c2CCCC3)nnc1[C@@H]1CCCCO1. The molecule has 3 heterocycles. The Balaban J connectivity index is 1.45. The Morgan fingerprint density at radius 3 is 2.96 bits per heavy atom. The van der Waals surface area contributed by atoms with Crippen molar-refractivity contribution in [2.24, 2.45) is 0 Å². The first-order chi connectivity index (χ1) is 11.3. The van der Waals surface area contributed by atoms with E-state index in [1.807, 2.05) is 0 Å². The van der Waals surface area contributed by atoms with E-state index in [0.29, 0.717) is 10.9 Å². The van der Waals surface area contributed by atoms with Crippen LogP contribution in [0.3, 0.4) is 0 Å². The molecular formula is C15H21N5O2S. The minimum atomic E-state index is -0.0320. The number of fused-ring (bicyclic) bond motifs is 1. The Labute approximate surface area is 138 Å². The van der Waals surface area contributed by atoms with Gasteiger partial charge in [0.25, 0.3) is 0 Å². The van der Waals surface area contributed by atoms with Gasteiger partial charge < -0.3 is 15.1 Å². The maximum Gasteiger partial charge on any atom is 0.210 e. The van der Waals surface area contributed by atoms with Gasteiger partial charge in [-0.25, -0.2) is 4.68 Å². The summed E-state index contributed by atoms with van der Waals surface area (Å²) < 4.78 is 12.8. The molecule has 1 saturated heterocycles. The van der Waals surface area contributed by atoms with E-state index in [0.717, 1.165) is 56.0 Å². The minimum Gasteiger partial charge on any atom is -0.370 e. The van der Waals surface area contributed by atoms with E-state index < -0.39 is 0 Å². The van der Waals surface area contributed by atoms with Gasteiger partial charge in [0.05, 0.1) is 5.69 Å². The molecule has 23 heavy (non-hydrogen) atoms. The molecule has 2 N–H and O–H groups in total. The molecule has 0 saturated carbocycles. The van der Waals surface area contributed by atoms with E-state index >= 15 is 0 Å². The topological polar surface area (TPSA) is 92.0 Å². The summed E-state index contributed by atoms with van der Waals surface area (Å²) in [4.78, 5) is 0. The number of aryl methyl sites for hydroxylation is 1. The first-order valence-corrected chi connectivity index (χ1v) is 9.22. The highest BCUT2D eigenvalue weighted by molar-refractivity contribution is 7.98. The van der Waals surface area contributed by atoms with Crippen molar-refractivity contribution in [2.75, 3.05) is 12.4 Å². The molecule has 2 aromatic heterocycles. The monoisotopic (exact) mass is 335 g/mol. The van der Waals surface area contributed by atoms with Crippen LogP contribution in [0.15, 0.2) is 9.68 Å². The van der Waals surface area contributed by atoms with Crippen molar-refractivity contribution in [1.29, 1.82) is 0 Å². The van der Waals surface area contributed by atoms with Crippen LogP contribution in [0.25, 0.3) is 0 Å². The third kappa shape index (κ3) is 2.97. The Bertz CT molecular complexity index is 677. The van der Waals surface area contributed by atoms with E-state index in [4.69, 9.17) is 15.1 Å². The summed E-state index contributed by atoms with van der Waals surface area (Å²) >= 11 is 1.55. The van der Waals surface area contributed by atoms with Crippen LogP contribution < -0.4 is 5.84 Å². The van der Waals surface area contributed by atoms with E-state index in [9.17, 15) is 0 Å². The van der Waals surface area contributed by atoms with Gasteiger partial charge in [-0.2, -0.15) is 0 Å². The fourth-order valence-corrected chi connectivity index (χ4v) is 4.07. The third-order valence-electron chi connectivity index (χ3n) is 4.53. The van der Waals surface area contributed by atoms with E-state index in [1.54, 1.807) is 16.4 Å². The van der Waals surface area contributed by atoms with E-state index in [2.05, 4.69) is 15.4 Å². The summed E-state index contributed by atoms with van der Waals surface area (Å²) in [6.07, 6.45) is 7.64. The van der Waals surface area contributed by atoms with Gasteiger partial charge in [-0.1, -0.05) is 16.9 Å². The largest absolute Gasteiger partial charge is 0.370 e. The van der Waals surface area contributed by atoms with Crippen LogP contribution in [0.2, 0.25) is 0 Å². The first kappa shape index (κ1) is 15.0. The second kappa shape index (κ2) is 6.52. The lowest BCUT2D eigenvalue weighted by Gasteiger charge is -2.21. The summed E-state index contributed by atoms with van der Waals surface area (Å²) in [5.74, 6) is 8.64. The molecule has 1 atom stereocenters. The highest BCUT2D eigenvalue weighted by atomic mass is 32.2. The number of nitrogens with zero attached hydrogens (tertiary/aromatic N) is 4. The molecule has 1 aliphatic heterocycles. The molecule has 2 aliphatic rings. The molecule has 0 unspecified atom stereocenters. The van der Waals surface area contributed by atoms with Crippen molar-refractivity contribution >= 4 is 11.8 Å². The van der Waals surface area contributed by atoms with Gasteiger partial charge in [0.2, 0.25) is 5.16 Å².